The third-order valence-corrected chi connectivity index (χ3v) is 3.76. The Bertz CT molecular complexity index is 538. The zero-order valence-electron chi connectivity index (χ0n) is 12.0. The van der Waals surface area contributed by atoms with Crippen molar-refractivity contribution in [2.24, 2.45) is 0 Å². The van der Waals surface area contributed by atoms with Gasteiger partial charge in [0.2, 0.25) is 0 Å². The summed E-state index contributed by atoms with van der Waals surface area (Å²) < 4.78 is 7.06. The van der Waals surface area contributed by atoms with Gasteiger partial charge in [0.15, 0.2) is 0 Å². The first-order chi connectivity index (χ1) is 9.74. The number of benzene rings is 2. The van der Waals surface area contributed by atoms with Gasteiger partial charge in [-0.1, -0.05) is 46.3 Å². The molecule has 0 heterocycles. The van der Waals surface area contributed by atoms with Crippen LogP contribution in [0.1, 0.15) is 19.4 Å². The van der Waals surface area contributed by atoms with E-state index in [9.17, 15) is 0 Å². The van der Waals surface area contributed by atoms with Crippen molar-refractivity contribution in [2.75, 3.05) is 18.0 Å². The maximum atomic E-state index is 6.02. The summed E-state index contributed by atoms with van der Waals surface area (Å²) in [5, 5.41) is 0. The van der Waals surface area contributed by atoms with Gasteiger partial charge in [0.05, 0.1) is 5.69 Å². The molecule has 0 bridgehead atoms. The van der Waals surface area contributed by atoms with Gasteiger partial charge in [-0.15, -0.1) is 0 Å². The molecule has 0 radical (unpaired) electrons. The molecule has 0 aromatic heterocycles. The van der Waals surface area contributed by atoms with Gasteiger partial charge in [0.25, 0.3) is 0 Å². The highest BCUT2D eigenvalue weighted by Gasteiger charge is 2.10. The summed E-state index contributed by atoms with van der Waals surface area (Å²) >= 11 is 3.52. The van der Waals surface area contributed by atoms with Crippen molar-refractivity contribution >= 4 is 21.6 Å². The molecular formula is C17H20BrNO. The van der Waals surface area contributed by atoms with Crippen LogP contribution in [0.2, 0.25) is 0 Å². The molecule has 106 valence electrons. The molecular weight excluding hydrogens is 314 g/mol. The Hall–Kier alpha value is -1.48. The Morgan fingerprint density at radius 1 is 1.00 bits per heavy atom. The number of nitrogens with zero attached hydrogens (tertiary/aromatic N) is 1. The fourth-order valence-electron chi connectivity index (χ4n) is 2.16. The molecule has 0 N–H and O–H groups in total. The molecule has 0 aliphatic carbocycles. The number of hydrogen-bond acceptors (Lipinski definition) is 2. The SMILES string of the molecule is CCN(CC)c1ccc(Br)cc1OCc1ccccc1. The molecule has 0 spiro atoms. The van der Waals surface area contributed by atoms with Crippen LogP contribution in [0.15, 0.2) is 53.0 Å². The van der Waals surface area contributed by atoms with Crippen molar-refractivity contribution in [3.05, 3.63) is 58.6 Å². The van der Waals surface area contributed by atoms with E-state index in [-0.39, 0.29) is 0 Å². The van der Waals surface area contributed by atoms with E-state index in [4.69, 9.17) is 4.74 Å². The lowest BCUT2D eigenvalue weighted by molar-refractivity contribution is 0.306. The smallest absolute Gasteiger partial charge is 0.144 e. The van der Waals surface area contributed by atoms with Crippen LogP contribution in [0, 0.1) is 0 Å². The van der Waals surface area contributed by atoms with E-state index in [1.165, 1.54) is 5.56 Å². The third-order valence-electron chi connectivity index (χ3n) is 3.26. The second-order valence-corrected chi connectivity index (χ2v) is 5.47. The quantitative estimate of drug-likeness (QED) is 0.747. The summed E-state index contributed by atoms with van der Waals surface area (Å²) in [5.74, 6) is 0.923. The summed E-state index contributed by atoms with van der Waals surface area (Å²) in [6, 6.07) is 16.4. The van der Waals surface area contributed by atoms with Crippen LogP contribution in [0.3, 0.4) is 0 Å². The molecule has 20 heavy (non-hydrogen) atoms. The Labute approximate surface area is 129 Å². The molecule has 2 rings (SSSR count). The first-order valence-electron chi connectivity index (χ1n) is 6.95. The van der Waals surface area contributed by atoms with Crippen molar-refractivity contribution in [3.8, 4) is 5.75 Å². The molecule has 2 aromatic carbocycles. The molecule has 0 aliphatic heterocycles. The van der Waals surface area contributed by atoms with E-state index in [0.717, 1.165) is 29.0 Å². The van der Waals surface area contributed by atoms with Crippen LogP contribution in [-0.2, 0) is 6.61 Å². The van der Waals surface area contributed by atoms with Gasteiger partial charge in [-0.2, -0.15) is 0 Å². The highest BCUT2D eigenvalue weighted by Crippen LogP contribution is 2.32. The van der Waals surface area contributed by atoms with Gasteiger partial charge in [-0.3, -0.25) is 0 Å². The van der Waals surface area contributed by atoms with E-state index >= 15 is 0 Å². The van der Waals surface area contributed by atoms with E-state index in [1.807, 2.05) is 24.3 Å². The molecule has 3 heteroatoms. The predicted molar refractivity (Wildman–Crippen MR) is 88.5 cm³/mol. The van der Waals surface area contributed by atoms with Gasteiger partial charge < -0.3 is 9.64 Å². The maximum absolute atomic E-state index is 6.02. The number of anilines is 1. The summed E-state index contributed by atoms with van der Waals surface area (Å²) in [6.45, 7) is 6.85. The number of halogens is 1. The fourth-order valence-corrected chi connectivity index (χ4v) is 2.50. The maximum Gasteiger partial charge on any atom is 0.144 e. The summed E-state index contributed by atoms with van der Waals surface area (Å²) in [6.07, 6.45) is 0. The van der Waals surface area contributed by atoms with Crippen LogP contribution in [-0.4, -0.2) is 13.1 Å². The normalized spacial score (nSPS) is 10.3. The van der Waals surface area contributed by atoms with Crippen molar-refractivity contribution < 1.29 is 4.74 Å². The Morgan fingerprint density at radius 3 is 2.35 bits per heavy atom. The standard InChI is InChI=1S/C17H20BrNO/c1-3-19(4-2)16-11-10-15(18)12-17(16)20-13-14-8-6-5-7-9-14/h5-12H,3-4,13H2,1-2H3. The Kier molecular flexibility index (Phi) is 5.48. The summed E-state index contributed by atoms with van der Waals surface area (Å²) in [5.41, 5.74) is 2.33. The topological polar surface area (TPSA) is 12.5 Å². The molecule has 0 aliphatic rings. The van der Waals surface area contributed by atoms with Gasteiger partial charge >= 0.3 is 0 Å². The highest BCUT2D eigenvalue weighted by atomic mass is 79.9. The molecule has 0 atom stereocenters. The minimum Gasteiger partial charge on any atom is -0.487 e. The molecule has 2 nitrogen and oxygen atoms in total. The first kappa shape index (κ1) is 14.9. The molecule has 0 saturated carbocycles. The van der Waals surface area contributed by atoms with E-state index < -0.39 is 0 Å². The second kappa shape index (κ2) is 7.34. The van der Waals surface area contributed by atoms with Crippen molar-refractivity contribution in [1.82, 2.24) is 0 Å². The lowest BCUT2D eigenvalue weighted by Crippen LogP contribution is -2.22. The Balaban J connectivity index is 2.19. The van der Waals surface area contributed by atoms with Crippen molar-refractivity contribution in [2.45, 2.75) is 20.5 Å². The van der Waals surface area contributed by atoms with E-state index in [0.29, 0.717) is 6.61 Å². The highest BCUT2D eigenvalue weighted by molar-refractivity contribution is 9.10. The number of rotatable bonds is 6. The van der Waals surface area contributed by atoms with Crippen LogP contribution < -0.4 is 9.64 Å². The number of ether oxygens (including phenoxy) is 1. The van der Waals surface area contributed by atoms with E-state index in [1.54, 1.807) is 0 Å². The van der Waals surface area contributed by atoms with Gasteiger partial charge in [-0.05, 0) is 37.6 Å². The fraction of sp³-hybridized carbons (Fsp3) is 0.294. The second-order valence-electron chi connectivity index (χ2n) is 4.56. The van der Waals surface area contributed by atoms with Crippen LogP contribution in [0.5, 0.6) is 5.75 Å². The van der Waals surface area contributed by atoms with Crippen molar-refractivity contribution in [1.29, 1.82) is 0 Å². The van der Waals surface area contributed by atoms with E-state index in [2.05, 4.69) is 58.9 Å². The van der Waals surface area contributed by atoms with Gasteiger partial charge in [-0.25, -0.2) is 0 Å². The average Bonchev–Trinajstić information content (AvgIpc) is 2.49. The molecule has 2 aromatic rings. The zero-order chi connectivity index (χ0) is 14.4. The molecule has 0 fully saturated rings. The largest absolute Gasteiger partial charge is 0.487 e. The third kappa shape index (κ3) is 3.76. The van der Waals surface area contributed by atoms with Crippen LogP contribution in [0.25, 0.3) is 0 Å². The van der Waals surface area contributed by atoms with Gasteiger partial charge in [0, 0.05) is 17.6 Å². The molecule has 0 saturated heterocycles. The van der Waals surface area contributed by atoms with Gasteiger partial charge in [0.1, 0.15) is 12.4 Å². The minimum absolute atomic E-state index is 0.589. The van der Waals surface area contributed by atoms with Crippen LogP contribution in [0.4, 0.5) is 5.69 Å². The summed E-state index contributed by atoms with van der Waals surface area (Å²) in [7, 11) is 0. The molecule has 0 unspecified atom stereocenters. The van der Waals surface area contributed by atoms with Crippen LogP contribution >= 0.6 is 15.9 Å². The predicted octanol–water partition coefficient (Wildman–Crippen LogP) is 4.87. The monoisotopic (exact) mass is 333 g/mol. The lowest BCUT2D eigenvalue weighted by atomic mass is 10.2. The zero-order valence-corrected chi connectivity index (χ0v) is 13.6. The van der Waals surface area contributed by atoms with Crippen molar-refractivity contribution in [3.63, 3.8) is 0 Å². The first-order valence-corrected chi connectivity index (χ1v) is 7.75. The minimum atomic E-state index is 0.589. The molecule has 0 amide bonds. The average molecular weight is 334 g/mol. The summed E-state index contributed by atoms with van der Waals surface area (Å²) in [4.78, 5) is 2.30. The number of hydrogen-bond donors (Lipinski definition) is 0. The Morgan fingerprint density at radius 2 is 1.70 bits per heavy atom. The lowest BCUT2D eigenvalue weighted by Gasteiger charge is -2.24.